The lowest BCUT2D eigenvalue weighted by Gasteiger charge is -2.18. The quantitative estimate of drug-likeness (QED) is 0.480. The summed E-state index contributed by atoms with van der Waals surface area (Å²) in [7, 11) is 1.93. The monoisotopic (exact) mass is 259 g/mol. The minimum atomic E-state index is 0.194. The van der Waals surface area contributed by atoms with E-state index in [1.807, 2.05) is 17.9 Å². The predicted molar refractivity (Wildman–Crippen MR) is 79.9 cm³/mol. The summed E-state index contributed by atoms with van der Waals surface area (Å²) in [5.74, 6) is 0.961. The van der Waals surface area contributed by atoms with Crippen molar-refractivity contribution in [3.05, 3.63) is 35.4 Å². The Morgan fingerprint density at radius 1 is 1.11 bits per heavy atom. The predicted octanol–water partition coefficient (Wildman–Crippen LogP) is 1.51. The van der Waals surface area contributed by atoms with Gasteiger partial charge in [-0.25, -0.2) is 0 Å². The fraction of sp³-hybridized carbons (Fsp3) is 0.467. The van der Waals surface area contributed by atoms with Crippen molar-refractivity contribution in [3.63, 3.8) is 0 Å². The summed E-state index contributed by atoms with van der Waals surface area (Å²) in [6, 6.07) is 8.55. The van der Waals surface area contributed by atoms with Crippen LogP contribution >= 0.6 is 0 Å². The van der Waals surface area contributed by atoms with Crippen LogP contribution in [0.5, 0.6) is 0 Å². The van der Waals surface area contributed by atoms with Crippen molar-refractivity contribution in [2.24, 2.45) is 5.10 Å². The van der Waals surface area contributed by atoms with Crippen molar-refractivity contribution in [1.29, 1.82) is 0 Å². The molecule has 2 N–H and O–H groups in total. The summed E-state index contributed by atoms with van der Waals surface area (Å²) >= 11 is 0. The zero-order valence-electron chi connectivity index (χ0n) is 12.2. The van der Waals surface area contributed by atoms with Crippen molar-refractivity contribution in [2.75, 3.05) is 20.1 Å². The van der Waals surface area contributed by atoms with Crippen molar-refractivity contribution in [3.8, 4) is 0 Å². The van der Waals surface area contributed by atoms with Crippen LogP contribution in [0, 0.1) is 0 Å². The number of guanidine groups is 1. The van der Waals surface area contributed by atoms with Gasteiger partial charge in [0, 0.05) is 0 Å². The van der Waals surface area contributed by atoms with Gasteiger partial charge in [-0.1, -0.05) is 45.0 Å². The molecule has 4 heteroatoms. The minimum absolute atomic E-state index is 0.194. The van der Waals surface area contributed by atoms with Crippen molar-refractivity contribution in [2.45, 2.75) is 26.2 Å². The van der Waals surface area contributed by atoms with Gasteiger partial charge >= 0.3 is 5.96 Å². The van der Waals surface area contributed by atoms with E-state index in [0.717, 1.165) is 24.6 Å². The molecule has 1 aromatic carbocycles. The minimum Gasteiger partial charge on any atom is -0.273 e. The molecule has 0 atom stereocenters. The van der Waals surface area contributed by atoms with Gasteiger partial charge < -0.3 is 0 Å². The van der Waals surface area contributed by atoms with E-state index < -0.39 is 0 Å². The van der Waals surface area contributed by atoms with E-state index in [2.05, 4.69) is 60.8 Å². The number of hydrogen-bond donors (Lipinski definition) is 2. The maximum Gasteiger partial charge on any atom is 0.369 e. The third-order valence-electron chi connectivity index (χ3n) is 3.19. The third-order valence-corrected chi connectivity index (χ3v) is 3.19. The van der Waals surface area contributed by atoms with Gasteiger partial charge in [0.15, 0.2) is 0 Å². The topological polar surface area (TPSA) is 39.4 Å². The summed E-state index contributed by atoms with van der Waals surface area (Å²) in [5, 5.41) is 10.9. The van der Waals surface area contributed by atoms with E-state index in [4.69, 9.17) is 0 Å². The van der Waals surface area contributed by atoms with Crippen LogP contribution in [0.15, 0.2) is 29.4 Å². The van der Waals surface area contributed by atoms with Gasteiger partial charge in [-0.3, -0.25) is 10.6 Å². The molecule has 0 spiro atoms. The Bertz CT molecular complexity index is 484. The molecule has 1 aliphatic heterocycles. The summed E-state index contributed by atoms with van der Waals surface area (Å²) in [6.07, 6.45) is 1.88. The molecular formula is C15H23N4+. The average molecular weight is 259 g/mol. The molecular weight excluding hydrogens is 236 g/mol. The maximum atomic E-state index is 4.41. The molecule has 1 saturated heterocycles. The highest BCUT2D eigenvalue weighted by atomic mass is 15.4. The van der Waals surface area contributed by atoms with Crippen LogP contribution in [0.4, 0.5) is 0 Å². The number of hydrogen-bond acceptors (Lipinski definition) is 1. The molecule has 2 rings (SSSR count). The molecule has 102 valence electrons. The molecule has 0 bridgehead atoms. The van der Waals surface area contributed by atoms with Gasteiger partial charge in [-0.05, 0) is 16.5 Å². The van der Waals surface area contributed by atoms with E-state index in [9.17, 15) is 0 Å². The number of nitrogens with zero attached hydrogens (tertiary/aromatic N) is 2. The van der Waals surface area contributed by atoms with Gasteiger partial charge in [0.05, 0.1) is 26.4 Å². The largest absolute Gasteiger partial charge is 0.369 e. The zero-order valence-corrected chi connectivity index (χ0v) is 12.2. The smallest absolute Gasteiger partial charge is 0.273 e. The summed E-state index contributed by atoms with van der Waals surface area (Å²) < 4.78 is 1.82. The summed E-state index contributed by atoms with van der Waals surface area (Å²) in [5.41, 5.74) is 2.64. The first-order chi connectivity index (χ1) is 8.97. The first-order valence-corrected chi connectivity index (χ1v) is 6.70. The molecule has 1 aliphatic rings. The van der Waals surface area contributed by atoms with E-state index in [1.165, 1.54) is 5.56 Å². The Hall–Kier alpha value is -1.84. The zero-order chi connectivity index (χ0) is 13.9. The van der Waals surface area contributed by atoms with E-state index in [0.29, 0.717) is 0 Å². The number of benzene rings is 1. The van der Waals surface area contributed by atoms with Crippen LogP contribution in [0.3, 0.4) is 0 Å². The highest BCUT2D eigenvalue weighted by Crippen LogP contribution is 2.21. The fourth-order valence-corrected chi connectivity index (χ4v) is 1.93. The van der Waals surface area contributed by atoms with Crippen LogP contribution < -0.4 is 10.6 Å². The van der Waals surface area contributed by atoms with Crippen LogP contribution in [0.25, 0.3) is 0 Å². The third kappa shape index (κ3) is 3.56. The number of hydrazone groups is 1. The average Bonchev–Trinajstić information content (AvgIpc) is 2.89. The fourth-order valence-electron chi connectivity index (χ4n) is 1.93. The van der Waals surface area contributed by atoms with E-state index in [-0.39, 0.29) is 5.41 Å². The Morgan fingerprint density at radius 2 is 1.68 bits per heavy atom. The second-order valence-corrected chi connectivity index (χ2v) is 5.84. The molecule has 0 unspecified atom stereocenters. The first-order valence-electron chi connectivity index (χ1n) is 6.70. The first kappa shape index (κ1) is 13.6. The molecule has 4 nitrogen and oxygen atoms in total. The molecule has 0 aliphatic carbocycles. The Labute approximate surface area is 115 Å². The van der Waals surface area contributed by atoms with Crippen LogP contribution in [-0.2, 0) is 5.41 Å². The summed E-state index contributed by atoms with van der Waals surface area (Å²) in [4.78, 5) is 0. The van der Waals surface area contributed by atoms with Crippen LogP contribution in [0.2, 0.25) is 0 Å². The molecule has 0 amide bonds. The van der Waals surface area contributed by atoms with Gasteiger partial charge in [-0.2, -0.15) is 0 Å². The lowest BCUT2D eigenvalue weighted by atomic mass is 9.87. The lowest BCUT2D eigenvalue weighted by molar-refractivity contribution is -0.505. The van der Waals surface area contributed by atoms with Crippen LogP contribution in [-0.4, -0.2) is 37.0 Å². The molecule has 19 heavy (non-hydrogen) atoms. The molecule has 1 heterocycles. The van der Waals surface area contributed by atoms with Gasteiger partial charge in [0.1, 0.15) is 0 Å². The normalized spacial score (nSPS) is 15.5. The van der Waals surface area contributed by atoms with Gasteiger partial charge in [-0.15, -0.1) is 9.79 Å². The van der Waals surface area contributed by atoms with Gasteiger partial charge in [0.25, 0.3) is 0 Å². The molecule has 0 saturated carbocycles. The number of rotatable bonds is 2. The second-order valence-electron chi connectivity index (χ2n) is 5.84. The molecule has 1 aromatic rings. The summed E-state index contributed by atoms with van der Waals surface area (Å²) in [6.45, 7) is 8.57. The molecule has 1 fully saturated rings. The van der Waals surface area contributed by atoms with Crippen molar-refractivity contribution in [1.82, 2.24) is 10.6 Å². The highest BCUT2D eigenvalue weighted by Gasteiger charge is 2.15. The second kappa shape index (κ2) is 5.43. The Morgan fingerprint density at radius 3 is 2.21 bits per heavy atom. The highest BCUT2D eigenvalue weighted by molar-refractivity contribution is 5.80. The van der Waals surface area contributed by atoms with Gasteiger partial charge in [0.2, 0.25) is 0 Å². The molecule has 0 aromatic heterocycles. The van der Waals surface area contributed by atoms with Crippen molar-refractivity contribution >= 4 is 12.2 Å². The maximum absolute atomic E-state index is 4.41. The Kier molecular flexibility index (Phi) is 3.88. The SMILES string of the molecule is C[N+](/N=C\c1ccc(C(C)(C)C)cc1)=C1NCCN1. The standard InChI is InChI=1S/C15H22N4/c1-15(2,3)13-7-5-12(6-8-13)11-18-19(4)14-16-9-10-17-14/h5-8,11H,9-10H2,1-4H3,(H,16,17)/p+1/b18-11-. The molecule has 0 radical (unpaired) electrons. The van der Waals surface area contributed by atoms with E-state index >= 15 is 0 Å². The van der Waals surface area contributed by atoms with Crippen molar-refractivity contribution < 1.29 is 4.68 Å². The van der Waals surface area contributed by atoms with Crippen LogP contribution in [0.1, 0.15) is 31.9 Å². The van der Waals surface area contributed by atoms with E-state index in [1.54, 1.807) is 0 Å². The number of nitrogens with one attached hydrogen (secondary N) is 2. The lowest BCUT2D eigenvalue weighted by Crippen LogP contribution is -2.31. The Balaban J connectivity index is 2.09.